The Bertz CT molecular complexity index is 1060. The minimum absolute atomic E-state index is 0.259. The van der Waals surface area contributed by atoms with Crippen molar-refractivity contribution in [1.82, 2.24) is 4.90 Å². The number of rotatable bonds is 7. The number of nitrogens with zero attached hydrogens (tertiary/aromatic N) is 2. The fourth-order valence-corrected chi connectivity index (χ4v) is 4.41. The number of carbonyl (C=O) groups excluding carboxylic acids is 3. The second-order valence-electron chi connectivity index (χ2n) is 7.43. The van der Waals surface area contributed by atoms with Crippen LogP contribution in [0.4, 0.5) is 16.2 Å². The number of nitrogens with one attached hydrogen (secondary N) is 1. The molecule has 8 nitrogen and oxygen atoms in total. The number of thioether (sulfide) groups is 1. The highest BCUT2D eigenvalue weighted by atomic mass is 32.2. The zero-order valence-corrected chi connectivity index (χ0v) is 19.1. The molecule has 2 heterocycles. The summed E-state index contributed by atoms with van der Waals surface area (Å²) < 4.78 is 10.9. The monoisotopic (exact) mass is 467 g/mol. The summed E-state index contributed by atoms with van der Waals surface area (Å²) in [6.07, 6.45) is 1.62. The SMILES string of the molecule is CCOc1ccccc1/C=C1/SC(=O)N(CC(=O)Nc2ccc(N3CCOCC3)cc2)C1=O. The van der Waals surface area contributed by atoms with Crippen LogP contribution in [0.3, 0.4) is 0 Å². The molecular weight excluding hydrogens is 442 g/mol. The summed E-state index contributed by atoms with van der Waals surface area (Å²) in [5.41, 5.74) is 2.36. The van der Waals surface area contributed by atoms with Crippen molar-refractivity contribution < 1.29 is 23.9 Å². The van der Waals surface area contributed by atoms with Gasteiger partial charge in [-0.2, -0.15) is 0 Å². The maximum Gasteiger partial charge on any atom is 0.294 e. The van der Waals surface area contributed by atoms with E-state index in [0.717, 1.165) is 35.4 Å². The second kappa shape index (κ2) is 10.5. The van der Waals surface area contributed by atoms with Gasteiger partial charge in [-0.3, -0.25) is 19.3 Å². The Hall–Kier alpha value is -3.30. The Morgan fingerprint density at radius 1 is 1.12 bits per heavy atom. The van der Waals surface area contributed by atoms with Crippen LogP contribution in [0.5, 0.6) is 5.75 Å². The van der Waals surface area contributed by atoms with Crippen molar-refractivity contribution in [1.29, 1.82) is 0 Å². The maximum atomic E-state index is 12.8. The van der Waals surface area contributed by atoms with Gasteiger partial charge in [-0.25, -0.2) is 0 Å². The largest absolute Gasteiger partial charge is 0.493 e. The third-order valence-electron chi connectivity index (χ3n) is 5.21. The number of ether oxygens (including phenoxy) is 2. The van der Waals surface area contributed by atoms with Crippen molar-refractivity contribution in [3.63, 3.8) is 0 Å². The number of para-hydroxylation sites is 1. The molecule has 2 aliphatic rings. The lowest BCUT2D eigenvalue weighted by Gasteiger charge is -2.28. The van der Waals surface area contributed by atoms with Gasteiger partial charge in [0, 0.05) is 30.0 Å². The normalized spacial score (nSPS) is 17.5. The smallest absolute Gasteiger partial charge is 0.294 e. The van der Waals surface area contributed by atoms with Crippen LogP contribution in [0.2, 0.25) is 0 Å². The first-order chi connectivity index (χ1) is 16.0. The Kier molecular flexibility index (Phi) is 7.31. The molecule has 0 aromatic heterocycles. The molecule has 0 atom stereocenters. The van der Waals surface area contributed by atoms with Gasteiger partial charge in [-0.15, -0.1) is 0 Å². The minimum atomic E-state index is -0.492. The second-order valence-corrected chi connectivity index (χ2v) is 8.43. The molecule has 172 valence electrons. The molecule has 2 fully saturated rings. The number of imide groups is 1. The summed E-state index contributed by atoms with van der Waals surface area (Å²) in [7, 11) is 0. The van der Waals surface area contributed by atoms with E-state index in [1.165, 1.54) is 0 Å². The number of hydrogen-bond acceptors (Lipinski definition) is 7. The molecule has 2 saturated heterocycles. The van der Waals surface area contributed by atoms with E-state index in [1.807, 2.05) is 37.3 Å². The van der Waals surface area contributed by atoms with Crippen molar-refractivity contribution in [2.75, 3.05) is 49.7 Å². The predicted octanol–water partition coefficient (Wildman–Crippen LogP) is 3.60. The van der Waals surface area contributed by atoms with Crippen molar-refractivity contribution >= 4 is 46.3 Å². The Morgan fingerprint density at radius 3 is 2.58 bits per heavy atom. The first kappa shape index (κ1) is 22.9. The topological polar surface area (TPSA) is 88.2 Å². The summed E-state index contributed by atoms with van der Waals surface area (Å²) >= 11 is 0.817. The third-order valence-corrected chi connectivity index (χ3v) is 6.12. The molecule has 0 spiro atoms. The predicted molar refractivity (Wildman–Crippen MR) is 128 cm³/mol. The molecule has 0 bridgehead atoms. The minimum Gasteiger partial charge on any atom is -0.493 e. The maximum absolute atomic E-state index is 12.8. The highest BCUT2D eigenvalue weighted by molar-refractivity contribution is 8.18. The van der Waals surface area contributed by atoms with E-state index < -0.39 is 17.1 Å². The lowest BCUT2D eigenvalue weighted by molar-refractivity contribution is -0.127. The number of anilines is 2. The van der Waals surface area contributed by atoms with Gasteiger partial charge in [0.1, 0.15) is 12.3 Å². The quantitative estimate of drug-likeness (QED) is 0.623. The summed E-state index contributed by atoms with van der Waals surface area (Å²) in [4.78, 5) is 41.1. The molecule has 0 radical (unpaired) electrons. The van der Waals surface area contributed by atoms with Gasteiger partial charge >= 0.3 is 0 Å². The average molecular weight is 468 g/mol. The van der Waals surface area contributed by atoms with Gasteiger partial charge in [-0.05, 0) is 55.1 Å². The van der Waals surface area contributed by atoms with E-state index in [2.05, 4.69) is 10.2 Å². The molecule has 3 amide bonds. The van der Waals surface area contributed by atoms with Crippen LogP contribution in [0.1, 0.15) is 12.5 Å². The molecule has 1 N–H and O–H groups in total. The van der Waals surface area contributed by atoms with E-state index in [1.54, 1.807) is 24.3 Å². The van der Waals surface area contributed by atoms with E-state index in [0.29, 0.717) is 36.8 Å². The molecular formula is C24H25N3O5S. The summed E-state index contributed by atoms with van der Waals surface area (Å²) in [5, 5.41) is 2.28. The summed E-state index contributed by atoms with van der Waals surface area (Å²) in [5.74, 6) is -0.299. The molecule has 0 saturated carbocycles. The Balaban J connectivity index is 1.38. The number of carbonyl (C=O) groups is 3. The van der Waals surface area contributed by atoms with Crippen molar-refractivity contribution in [2.24, 2.45) is 0 Å². The molecule has 0 aliphatic carbocycles. The van der Waals surface area contributed by atoms with Crippen LogP contribution in [0.25, 0.3) is 6.08 Å². The zero-order valence-electron chi connectivity index (χ0n) is 18.3. The molecule has 2 aliphatic heterocycles. The van der Waals surface area contributed by atoms with Gasteiger partial charge in [0.2, 0.25) is 5.91 Å². The van der Waals surface area contributed by atoms with Crippen LogP contribution >= 0.6 is 11.8 Å². The number of hydrogen-bond donors (Lipinski definition) is 1. The van der Waals surface area contributed by atoms with Gasteiger partial charge in [0.05, 0.1) is 24.7 Å². The molecule has 4 rings (SSSR count). The van der Waals surface area contributed by atoms with Crippen molar-refractivity contribution in [3.8, 4) is 5.75 Å². The Morgan fingerprint density at radius 2 is 1.85 bits per heavy atom. The van der Waals surface area contributed by atoms with Gasteiger partial charge < -0.3 is 19.7 Å². The standard InChI is InChI=1S/C24H25N3O5S/c1-2-32-20-6-4-3-5-17(20)15-21-23(29)27(24(30)33-21)16-22(28)25-18-7-9-19(10-8-18)26-11-13-31-14-12-26/h3-10,15H,2,11-14,16H2,1H3,(H,25,28)/b21-15+. The van der Waals surface area contributed by atoms with E-state index in [9.17, 15) is 14.4 Å². The third kappa shape index (κ3) is 5.55. The number of benzene rings is 2. The van der Waals surface area contributed by atoms with Gasteiger partial charge in [0.15, 0.2) is 0 Å². The van der Waals surface area contributed by atoms with Gasteiger partial charge in [0.25, 0.3) is 11.1 Å². The lowest BCUT2D eigenvalue weighted by atomic mass is 10.2. The fraction of sp³-hybridized carbons (Fsp3) is 0.292. The van der Waals surface area contributed by atoms with Crippen molar-refractivity contribution in [3.05, 3.63) is 59.0 Å². The van der Waals surface area contributed by atoms with Gasteiger partial charge in [-0.1, -0.05) is 18.2 Å². The van der Waals surface area contributed by atoms with Crippen LogP contribution < -0.4 is 15.0 Å². The first-order valence-corrected chi connectivity index (χ1v) is 11.6. The van der Waals surface area contributed by atoms with Crippen molar-refractivity contribution in [2.45, 2.75) is 6.92 Å². The number of morpholine rings is 1. The van der Waals surface area contributed by atoms with E-state index >= 15 is 0 Å². The first-order valence-electron chi connectivity index (χ1n) is 10.7. The van der Waals surface area contributed by atoms with Crippen LogP contribution in [-0.2, 0) is 14.3 Å². The molecule has 9 heteroatoms. The Labute approximate surface area is 196 Å². The van der Waals surface area contributed by atoms with E-state index in [-0.39, 0.29) is 11.4 Å². The fourth-order valence-electron chi connectivity index (χ4n) is 3.59. The highest BCUT2D eigenvalue weighted by Gasteiger charge is 2.36. The van der Waals surface area contributed by atoms with Crippen LogP contribution in [0.15, 0.2) is 53.4 Å². The summed E-state index contributed by atoms with van der Waals surface area (Å²) in [6.45, 7) is 5.06. The summed E-state index contributed by atoms with van der Waals surface area (Å²) in [6, 6.07) is 14.8. The molecule has 2 aromatic rings. The average Bonchev–Trinajstić information content (AvgIpc) is 3.09. The number of amides is 3. The highest BCUT2D eigenvalue weighted by Crippen LogP contribution is 2.34. The lowest BCUT2D eigenvalue weighted by Crippen LogP contribution is -2.36. The van der Waals surface area contributed by atoms with Crippen LogP contribution in [0, 0.1) is 0 Å². The van der Waals surface area contributed by atoms with E-state index in [4.69, 9.17) is 9.47 Å². The molecule has 33 heavy (non-hydrogen) atoms. The molecule has 2 aromatic carbocycles. The molecule has 0 unspecified atom stereocenters. The van der Waals surface area contributed by atoms with Crippen LogP contribution in [-0.4, -0.2) is 61.4 Å². The zero-order chi connectivity index (χ0) is 23.2.